The maximum atomic E-state index is 10.7. The summed E-state index contributed by atoms with van der Waals surface area (Å²) in [5.41, 5.74) is 1.51. The molecular formula is C13H10N2O4. The molecule has 0 aliphatic rings. The fraction of sp³-hybridized carbons (Fsp3) is 0.154. The minimum atomic E-state index is -1.17. The number of aromatic nitrogens is 1. The predicted octanol–water partition coefficient (Wildman–Crippen LogP) is 2.23. The van der Waals surface area contributed by atoms with E-state index in [9.17, 15) is 4.79 Å². The molecule has 6 nitrogen and oxygen atoms in total. The Labute approximate surface area is 108 Å². The molecule has 2 aromatic rings. The number of methoxy groups -OCH3 is 1. The molecule has 0 amide bonds. The number of nitrogens with zero attached hydrogens (tertiary/aromatic N) is 2. The molecule has 0 atom stereocenters. The lowest BCUT2D eigenvalue weighted by atomic mass is 10.0. The molecule has 0 bridgehead atoms. The van der Waals surface area contributed by atoms with Crippen molar-refractivity contribution in [1.82, 2.24) is 5.16 Å². The summed E-state index contributed by atoms with van der Waals surface area (Å²) in [4.78, 5) is 10.7. The number of hydrogen-bond acceptors (Lipinski definition) is 5. The molecule has 6 heteroatoms. The third-order valence-electron chi connectivity index (χ3n) is 2.61. The number of benzene rings is 1. The summed E-state index contributed by atoms with van der Waals surface area (Å²) in [5.74, 6) is -0.385. The van der Waals surface area contributed by atoms with Gasteiger partial charge in [-0.2, -0.15) is 5.26 Å². The zero-order valence-corrected chi connectivity index (χ0v) is 10.3. The fourth-order valence-corrected chi connectivity index (χ4v) is 1.78. The lowest BCUT2D eigenvalue weighted by Gasteiger charge is -2.08. The van der Waals surface area contributed by atoms with Crippen LogP contribution in [-0.2, 0) is 0 Å². The first-order valence-electron chi connectivity index (χ1n) is 5.36. The van der Waals surface area contributed by atoms with Gasteiger partial charge in [0.1, 0.15) is 11.8 Å². The number of nitriles is 1. The highest BCUT2D eigenvalue weighted by atomic mass is 16.5. The van der Waals surface area contributed by atoms with E-state index >= 15 is 0 Å². The van der Waals surface area contributed by atoms with Crippen LogP contribution >= 0.6 is 0 Å². The zero-order valence-electron chi connectivity index (χ0n) is 10.3. The van der Waals surface area contributed by atoms with E-state index in [-0.39, 0.29) is 5.69 Å². The van der Waals surface area contributed by atoms with E-state index in [2.05, 4.69) is 5.16 Å². The zero-order chi connectivity index (χ0) is 14.0. The van der Waals surface area contributed by atoms with E-state index in [1.54, 1.807) is 19.1 Å². The summed E-state index contributed by atoms with van der Waals surface area (Å²) in [7, 11) is 1.49. The highest BCUT2D eigenvalue weighted by Gasteiger charge is 2.15. The Kier molecular flexibility index (Phi) is 3.21. The number of aryl methyl sites for hydroxylation is 1. The van der Waals surface area contributed by atoms with Crippen molar-refractivity contribution < 1.29 is 19.2 Å². The maximum Gasteiger partial charge on any atom is 0.358 e. The standard InChI is InChI=1S/C13H10N2O4/c1-7-3-8(4-9(6-14)12(7)18-2)11-5-10(13(16)17)15-19-11/h3-5H,1-2H3,(H,16,17). The summed E-state index contributed by atoms with van der Waals surface area (Å²) in [5, 5.41) is 21.3. The highest BCUT2D eigenvalue weighted by molar-refractivity contribution is 5.86. The fourth-order valence-electron chi connectivity index (χ4n) is 1.78. The van der Waals surface area contributed by atoms with Crippen LogP contribution in [0.25, 0.3) is 11.3 Å². The largest absolute Gasteiger partial charge is 0.495 e. The van der Waals surface area contributed by atoms with Gasteiger partial charge in [0.05, 0.1) is 12.7 Å². The van der Waals surface area contributed by atoms with Crippen LogP contribution in [0.3, 0.4) is 0 Å². The van der Waals surface area contributed by atoms with Crippen molar-refractivity contribution >= 4 is 5.97 Å². The van der Waals surface area contributed by atoms with Gasteiger partial charge in [0.25, 0.3) is 0 Å². The Hall–Kier alpha value is -2.81. The molecule has 0 saturated heterocycles. The first kappa shape index (κ1) is 12.6. The van der Waals surface area contributed by atoms with E-state index in [0.717, 1.165) is 5.56 Å². The quantitative estimate of drug-likeness (QED) is 0.906. The average molecular weight is 258 g/mol. The molecule has 96 valence electrons. The van der Waals surface area contributed by atoms with E-state index in [0.29, 0.717) is 22.6 Å². The molecule has 1 aromatic carbocycles. The van der Waals surface area contributed by atoms with Gasteiger partial charge in [-0.15, -0.1) is 0 Å². The van der Waals surface area contributed by atoms with Crippen LogP contribution in [-0.4, -0.2) is 23.3 Å². The van der Waals surface area contributed by atoms with Crippen molar-refractivity contribution in [2.45, 2.75) is 6.92 Å². The van der Waals surface area contributed by atoms with Gasteiger partial charge < -0.3 is 14.4 Å². The minimum absolute atomic E-state index is 0.179. The van der Waals surface area contributed by atoms with Gasteiger partial charge in [0.2, 0.25) is 0 Å². The van der Waals surface area contributed by atoms with Gasteiger partial charge in [-0.3, -0.25) is 0 Å². The second-order valence-corrected chi connectivity index (χ2v) is 3.87. The van der Waals surface area contributed by atoms with Gasteiger partial charge in [0.15, 0.2) is 11.5 Å². The van der Waals surface area contributed by atoms with Crippen LogP contribution in [0.1, 0.15) is 21.6 Å². The SMILES string of the molecule is COc1c(C)cc(-c2cc(C(=O)O)no2)cc1C#N. The normalized spacial score (nSPS) is 9.95. The Morgan fingerprint density at radius 1 is 1.47 bits per heavy atom. The van der Waals surface area contributed by atoms with Crippen LogP contribution in [0.15, 0.2) is 22.7 Å². The van der Waals surface area contributed by atoms with E-state index in [4.69, 9.17) is 19.6 Å². The molecule has 19 heavy (non-hydrogen) atoms. The van der Waals surface area contributed by atoms with E-state index in [1.807, 2.05) is 6.07 Å². The Balaban J connectivity index is 2.54. The van der Waals surface area contributed by atoms with Crippen molar-refractivity contribution in [3.05, 3.63) is 35.0 Å². The summed E-state index contributed by atoms with van der Waals surface area (Å²) in [6.07, 6.45) is 0. The molecular weight excluding hydrogens is 248 g/mol. The smallest absolute Gasteiger partial charge is 0.358 e. The van der Waals surface area contributed by atoms with Crippen molar-refractivity contribution in [3.8, 4) is 23.1 Å². The molecule has 1 aromatic heterocycles. The molecule has 0 unspecified atom stereocenters. The number of hydrogen-bond donors (Lipinski definition) is 1. The van der Waals surface area contributed by atoms with Crippen LogP contribution in [0.5, 0.6) is 5.75 Å². The molecule has 0 aliphatic heterocycles. The van der Waals surface area contributed by atoms with Crippen LogP contribution in [0.4, 0.5) is 0 Å². The topological polar surface area (TPSA) is 96.3 Å². The number of carboxylic acids is 1. The molecule has 1 N–H and O–H groups in total. The first-order valence-corrected chi connectivity index (χ1v) is 5.36. The van der Waals surface area contributed by atoms with Crippen molar-refractivity contribution in [2.75, 3.05) is 7.11 Å². The second kappa shape index (κ2) is 4.82. The van der Waals surface area contributed by atoms with E-state index in [1.165, 1.54) is 13.2 Å². The van der Waals surface area contributed by atoms with Gasteiger partial charge in [-0.05, 0) is 24.6 Å². The van der Waals surface area contributed by atoms with Crippen LogP contribution in [0, 0.1) is 18.3 Å². The third-order valence-corrected chi connectivity index (χ3v) is 2.61. The Morgan fingerprint density at radius 3 is 2.74 bits per heavy atom. The van der Waals surface area contributed by atoms with Crippen molar-refractivity contribution in [2.24, 2.45) is 0 Å². The molecule has 2 rings (SSSR count). The monoisotopic (exact) mass is 258 g/mol. The van der Waals surface area contributed by atoms with Crippen molar-refractivity contribution in [1.29, 1.82) is 5.26 Å². The minimum Gasteiger partial charge on any atom is -0.495 e. The number of aromatic carboxylic acids is 1. The van der Waals surface area contributed by atoms with Gasteiger partial charge in [-0.1, -0.05) is 5.16 Å². The molecule has 0 aliphatic carbocycles. The van der Waals surface area contributed by atoms with Gasteiger partial charge in [-0.25, -0.2) is 4.79 Å². The Morgan fingerprint density at radius 2 is 2.21 bits per heavy atom. The molecule has 1 heterocycles. The van der Waals surface area contributed by atoms with E-state index < -0.39 is 5.97 Å². The molecule has 0 saturated carbocycles. The average Bonchev–Trinajstić information content (AvgIpc) is 2.87. The summed E-state index contributed by atoms with van der Waals surface area (Å²) in [6.45, 7) is 1.79. The molecule has 0 radical (unpaired) electrons. The second-order valence-electron chi connectivity index (χ2n) is 3.87. The van der Waals surface area contributed by atoms with Crippen molar-refractivity contribution in [3.63, 3.8) is 0 Å². The van der Waals surface area contributed by atoms with Crippen LogP contribution < -0.4 is 4.74 Å². The predicted molar refractivity (Wildman–Crippen MR) is 64.9 cm³/mol. The summed E-state index contributed by atoms with van der Waals surface area (Å²) in [6, 6.07) is 6.64. The lowest BCUT2D eigenvalue weighted by molar-refractivity contribution is 0.0686. The maximum absolute atomic E-state index is 10.7. The van der Waals surface area contributed by atoms with Gasteiger partial charge >= 0.3 is 5.97 Å². The van der Waals surface area contributed by atoms with Crippen LogP contribution in [0.2, 0.25) is 0 Å². The summed E-state index contributed by atoms with van der Waals surface area (Å²) >= 11 is 0. The lowest BCUT2D eigenvalue weighted by Crippen LogP contribution is -1.94. The summed E-state index contributed by atoms with van der Waals surface area (Å²) < 4.78 is 10.1. The Bertz CT molecular complexity index is 682. The third kappa shape index (κ3) is 2.26. The number of rotatable bonds is 3. The molecule has 0 fully saturated rings. The number of ether oxygens (including phenoxy) is 1. The number of carboxylic acid groups (broad SMARTS) is 1. The molecule has 0 spiro atoms. The number of carbonyl (C=O) groups is 1. The first-order chi connectivity index (χ1) is 9.06. The van der Waals surface area contributed by atoms with Gasteiger partial charge in [0, 0.05) is 11.6 Å². The highest BCUT2D eigenvalue weighted by Crippen LogP contribution is 2.30.